The molecule has 19 heavy (non-hydrogen) atoms. The lowest BCUT2D eigenvalue weighted by atomic mass is 10.1. The van der Waals surface area contributed by atoms with Crippen LogP contribution in [-0.4, -0.2) is 9.13 Å². The topological polar surface area (TPSA) is 67.1 Å². The zero-order valence-electron chi connectivity index (χ0n) is 11.1. The minimum absolute atomic E-state index is 0.119. The molecule has 0 aliphatic heterocycles. The lowest BCUT2D eigenvalue weighted by molar-refractivity contribution is -0.280. The Kier molecular flexibility index (Phi) is 3.29. The SMILES string of the molecule is Cc1ccc(Cc2c([O-])n(C)c(=O)n(C)c2=O)cc1. The molecule has 1 aromatic heterocycles. The van der Waals surface area contributed by atoms with Crippen molar-refractivity contribution in [3.05, 3.63) is 61.8 Å². The molecule has 0 atom stereocenters. The van der Waals surface area contributed by atoms with Crippen molar-refractivity contribution in [3.8, 4) is 5.88 Å². The van der Waals surface area contributed by atoms with Gasteiger partial charge in [0, 0.05) is 26.1 Å². The normalized spacial score (nSPS) is 10.7. The zero-order valence-corrected chi connectivity index (χ0v) is 11.1. The number of benzene rings is 1. The maximum atomic E-state index is 12.0. The van der Waals surface area contributed by atoms with Crippen LogP contribution >= 0.6 is 0 Å². The van der Waals surface area contributed by atoms with Gasteiger partial charge in [-0.25, -0.2) is 4.79 Å². The highest BCUT2D eigenvalue weighted by atomic mass is 16.3. The summed E-state index contributed by atoms with van der Waals surface area (Å²) in [7, 11) is 2.76. The van der Waals surface area contributed by atoms with Crippen LogP contribution in [0, 0.1) is 6.92 Å². The molecule has 2 aromatic rings. The fraction of sp³-hybridized carbons (Fsp3) is 0.286. The molecule has 0 fully saturated rings. The van der Waals surface area contributed by atoms with Crippen LogP contribution in [0.2, 0.25) is 0 Å². The second-order valence-corrected chi connectivity index (χ2v) is 4.65. The van der Waals surface area contributed by atoms with Crippen molar-refractivity contribution in [2.75, 3.05) is 0 Å². The smallest absolute Gasteiger partial charge is 0.329 e. The molecule has 0 unspecified atom stereocenters. The Labute approximate surface area is 110 Å². The van der Waals surface area contributed by atoms with E-state index in [1.54, 1.807) is 0 Å². The van der Waals surface area contributed by atoms with Crippen molar-refractivity contribution in [3.63, 3.8) is 0 Å². The number of aromatic nitrogens is 2. The second-order valence-electron chi connectivity index (χ2n) is 4.65. The molecule has 0 radical (unpaired) electrons. The summed E-state index contributed by atoms with van der Waals surface area (Å²) in [5, 5.41) is 12.0. The van der Waals surface area contributed by atoms with Crippen LogP contribution in [0.25, 0.3) is 0 Å². The van der Waals surface area contributed by atoms with E-state index in [4.69, 9.17) is 0 Å². The Balaban J connectivity index is 2.55. The average Bonchev–Trinajstić information content (AvgIpc) is 2.41. The van der Waals surface area contributed by atoms with E-state index in [1.165, 1.54) is 14.1 Å². The quantitative estimate of drug-likeness (QED) is 0.765. The molecule has 0 amide bonds. The number of aryl methyl sites for hydroxylation is 1. The van der Waals surface area contributed by atoms with Crippen molar-refractivity contribution in [1.82, 2.24) is 9.13 Å². The van der Waals surface area contributed by atoms with E-state index in [0.717, 1.165) is 20.3 Å². The van der Waals surface area contributed by atoms with E-state index in [0.29, 0.717) is 0 Å². The number of nitrogens with zero attached hydrogens (tertiary/aromatic N) is 2. The van der Waals surface area contributed by atoms with Gasteiger partial charge >= 0.3 is 5.69 Å². The van der Waals surface area contributed by atoms with Gasteiger partial charge in [0.25, 0.3) is 5.56 Å². The molecule has 2 rings (SSSR count). The predicted molar refractivity (Wildman–Crippen MR) is 70.4 cm³/mol. The van der Waals surface area contributed by atoms with Gasteiger partial charge in [-0.05, 0) is 18.4 Å². The summed E-state index contributed by atoms with van der Waals surface area (Å²) in [5.41, 5.74) is 0.989. The van der Waals surface area contributed by atoms with Crippen molar-refractivity contribution >= 4 is 0 Å². The Morgan fingerprint density at radius 2 is 1.63 bits per heavy atom. The predicted octanol–water partition coefficient (Wildman–Crippen LogP) is 0.0568. The molecule has 0 bridgehead atoms. The van der Waals surface area contributed by atoms with Crippen LogP contribution in [0.5, 0.6) is 5.88 Å². The maximum Gasteiger partial charge on any atom is 0.329 e. The number of hydrogen-bond donors (Lipinski definition) is 0. The molecule has 1 aromatic carbocycles. The highest BCUT2D eigenvalue weighted by Crippen LogP contribution is 2.12. The summed E-state index contributed by atoms with van der Waals surface area (Å²) < 4.78 is 1.93. The Morgan fingerprint density at radius 1 is 1.05 bits per heavy atom. The minimum Gasteiger partial charge on any atom is -0.860 e. The van der Waals surface area contributed by atoms with Gasteiger partial charge < -0.3 is 9.67 Å². The van der Waals surface area contributed by atoms with Gasteiger partial charge in [0.1, 0.15) is 0 Å². The first-order valence-electron chi connectivity index (χ1n) is 5.93. The van der Waals surface area contributed by atoms with Gasteiger partial charge in [0.15, 0.2) is 0 Å². The highest BCUT2D eigenvalue weighted by molar-refractivity contribution is 5.31. The molecular formula is C14H15N2O3-. The van der Waals surface area contributed by atoms with Crippen LogP contribution in [0.15, 0.2) is 33.9 Å². The summed E-state index contributed by atoms with van der Waals surface area (Å²) in [5.74, 6) is -0.520. The van der Waals surface area contributed by atoms with Crippen molar-refractivity contribution < 1.29 is 5.11 Å². The number of hydrogen-bond acceptors (Lipinski definition) is 3. The first kappa shape index (κ1) is 13.1. The van der Waals surface area contributed by atoms with Crippen molar-refractivity contribution in [2.45, 2.75) is 13.3 Å². The molecule has 1 heterocycles. The van der Waals surface area contributed by atoms with Crippen LogP contribution in [0.1, 0.15) is 16.7 Å². The molecule has 0 saturated carbocycles. The Bertz CT molecular complexity index is 724. The summed E-state index contributed by atoms with van der Waals surface area (Å²) in [6.07, 6.45) is 0.236. The third-order valence-corrected chi connectivity index (χ3v) is 3.20. The van der Waals surface area contributed by atoms with Gasteiger partial charge in [-0.15, -0.1) is 0 Å². The Hall–Kier alpha value is -2.30. The first-order chi connectivity index (χ1) is 8.91. The van der Waals surface area contributed by atoms with Crippen molar-refractivity contribution in [2.24, 2.45) is 14.1 Å². The van der Waals surface area contributed by atoms with Gasteiger partial charge in [-0.2, -0.15) is 0 Å². The third kappa shape index (κ3) is 2.31. The van der Waals surface area contributed by atoms with E-state index >= 15 is 0 Å². The van der Waals surface area contributed by atoms with E-state index in [1.807, 2.05) is 31.2 Å². The zero-order chi connectivity index (χ0) is 14.2. The summed E-state index contributed by atoms with van der Waals surface area (Å²) in [6.45, 7) is 1.97. The molecule has 0 spiro atoms. The molecule has 0 aliphatic rings. The van der Waals surface area contributed by atoms with E-state index in [9.17, 15) is 14.7 Å². The molecule has 5 nitrogen and oxygen atoms in total. The maximum absolute atomic E-state index is 12.0. The fourth-order valence-electron chi connectivity index (χ4n) is 1.96. The largest absolute Gasteiger partial charge is 0.860 e. The third-order valence-electron chi connectivity index (χ3n) is 3.20. The van der Waals surface area contributed by atoms with E-state index in [2.05, 4.69) is 0 Å². The summed E-state index contributed by atoms with van der Waals surface area (Å²) in [6, 6.07) is 7.59. The Morgan fingerprint density at radius 3 is 2.21 bits per heavy atom. The highest BCUT2D eigenvalue weighted by Gasteiger charge is 2.09. The van der Waals surface area contributed by atoms with Gasteiger partial charge in [-0.1, -0.05) is 29.8 Å². The molecule has 0 saturated heterocycles. The average molecular weight is 259 g/mol. The van der Waals surface area contributed by atoms with E-state index < -0.39 is 17.1 Å². The lowest BCUT2D eigenvalue weighted by Crippen LogP contribution is -2.40. The monoisotopic (exact) mass is 259 g/mol. The standard InChI is InChI=1S/C14H16N2O3/c1-9-4-6-10(7-5-9)8-11-12(17)15(2)14(19)16(3)13(11)18/h4-7,17H,8H2,1-3H3/p-1. The van der Waals surface area contributed by atoms with Crippen LogP contribution in [-0.2, 0) is 20.5 Å². The minimum atomic E-state index is -0.595. The second kappa shape index (κ2) is 4.76. The molecule has 100 valence electrons. The van der Waals surface area contributed by atoms with Crippen LogP contribution < -0.4 is 16.4 Å². The fourth-order valence-corrected chi connectivity index (χ4v) is 1.96. The lowest BCUT2D eigenvalue weighted by Gasteiger charge is -2.18. The van der Waals surface area contributed by atoms with Gasteiger partial charge in [0.2, 0.25) is 0 Å². The molecule has 0 N–H and O–H groups in total. The molecule has 5 heteroatoms. The van der Waals surface area contributed by atoms with Crippen molar-refractivity contribution in [1.29, 1.82) is 0 Å². The molecule has 0 aliphatic carbocycles. The first-order valence-corrected chi connectivity index (χ1v) is 5.93. The van der Waals surface area contributed by atoms with Crippen LogP contribution in [0.3, 0.4) is 0 Å². The van der Waals surface area contributed by atoms with Gasteiger partial charge in [0.05, 0.1) is 0 Å². The van der Waals surface area contributed by atoms with Gasteiger partial charge in [-0.3, -0.25) is 9.36 Å². The molecular weight excluding hydrogens is 244 g/mol. The summed E-state index contributed by atoms with van der Waals surface area (Å²) in [4.78, 5) is 23.6. The van der Waals surface area contributed by atoms with Crippen LogP contribution in [0.4, 0.5) is 0 Å². The van der Waals surface area contributed by atoms with E-state index in [-0.39, 0.29) is 12.0 Å². The summed E-state index contributed by atoms with van der Waals surface area (Å²) >= 11 is 0. The number of rotatable bonds is 2.